The number of benzene rings is 1. The Labute approximate surface area is 156 Å². The standard InChI is InChI=1S/C18H22N2O5S/c1-4-24-17(23)19-12-14(21)20-13(18(2,3)26-15(12)20)16(22)25-10-11-8-6-5-7-9-11/h5-9,12-13,15H,4,10H2,1-3H3,(H,19,23)/t12?,13-,15+/m0/s1. The summed E-state index contributed by atoms with van der Waals surface area (Å²) in [5, 5.41) is 2.27. The minimum Gasteiger partial charge on any atom is -0.459 e. The van der Waals surface area contributed by atoms with Crippen LogP contribution in [-0.4, -0.2) is 51.7 Å². The van der Waals surface area contributed by atoms with Crippen molar-refractivity contribution in [3.8, 4) is 0 Å². The molecular formula is C18H22N2O5S. The topological polar surface area (TPSA) is 84.9 Å². The molecular weight excluding hydrogens is 356 g/mol. The molecule has 7 nitrogen and oxygen atoms in total. The number of rotatable bonds is 5. The van der Waals surface area contributed by atoms with Gasteiger partial charge in [0, 0.05) is 4.75 Å². The van der Waals surface area contributed by atoms with E-state index in [1.54, 1.807) is 6.92 Å². The third-order valence-electron chi connectivity index (χ3n) is 4.44. The average molecular weight is 378 g/mol. The van der Waals surface area contributed by atoms with Crippen molar-refractivity contribution in [2.75, 3.05) is 6.61 Å². The summed E-state index contributed by atoms with van der Waals surface area (Å²) in [5.74, 6) is -0.723. The number of alkyl carbamates (subject to hydrolysis) is 1. The van der Waals surface area contributed by atoms with Crippen molar-refractivity contribution in [2.45, 2.75) is 49.6 Å². The van der Waals surface area contributed by atoms with Gasteiger partial charge in [-0.3, -0.25) is 4.79 Å². The van der Waals surface area contributed by atoms with E-state index in [1.165, 1.54) is 16.7 Å². The number of nitrogens with one attached hydrogen (secondary N) is 1. The molecule has 0 spiro atoms. The van der Waals surface area contributed by atoms with Crippen molar-refractivity contribution < 1.29 is 23.9 Å². The number of carbonyl (C=O) groups is 3. The lowest BCUT2D eigenvalue weighted by atomic mass is 9.96. The molecule has 0 bridgehead atoms. The molecule has 26 heavy (non-hydrogen) atoms. The Kier molecular flexibility index (Phi) is 5.13. The highest BCUT2D eigenvalue weighted by molar-refractivity contribution is 8.01. The van der Waals surface area contributed by atoms with E-state index in [0.717, 1.165) is 5.56 Å². The van der Waals surface area contributed by atoms with Crippen LogP contribution in [-0.2, 0) is 25.7 Å². The highest BCUT2D eigenvalue weighted by atomic mass is 32.2. The first kappa shape index (κ1) is 18.6. The number of ether oxygens (including phenoxy) is 2. The SMILES string of the molecule is CCOC(=O)NC1C(=O)N2[C@@H]1SC(C)(C)[C@@H]2C(=O)OCc1ccccc1. The third-order valence-corrected chi connectivity index (χ3v) is 6.01. The fourth-order valence-electron chi connectivity index (χ4n) is 3.23. The van der Waals surface area contributed by atoms with Gasteiger partial charge in [0.15, 0.2) is 0 Å². The molecule has 2 amide bonds. The zero-order valence-corrected chi connectivity index (χ0v) is 15.7. The Balaban J connectivity index is 1.66. The van der Waals surface area contributed by atoms with Gasteiger partial charge in [-0.05, 0) is 26.3 Å². The van der Waals surface area contributed by atoms with Gasteiger partial charge >= 0.3 is 12.1 Å². The van der Waals surface area contributed by atoms with E-state index < -0.39 is 28.9 Å². The zero-order chi connectivity index (χ0) is 18.9. The number of hydrogen-bond donors (Lipinski definition) is 1. The number of carbonyl (C=O) groups excluding carboxylic acids is 3. The fraction of sp³-hybridized carbons (Fsp3) is 0.500. The van der Waals surface area contributed by atoms with Gasteiger partial charge in [0.05, 0.1) is 6.61 Å². The van der Waals surface area contributed by atoms with E-state index in [2.05, 4.69) is 5.32 Å². The molecule has 140 valence electrons. The largest absolute Gasteiger partial charge is 0.459 e. The van der Waals surface area contributed by atoms with Crippen LogP contribution in [0.5, 0.6) is 0 Å². The van der Waals surface area contributed by atoms with Gasteiger partial charge in [-0.1, -0.05) is 30.3 Å². The molecule has 3 rings (SSSR count). The van der Waals surface area contributed by atoms with Gasteiger partial charge in [0.25, 0.3) is 0 Å². The molecule has 1 aromatic rings. The van der Waals surface area contributed by atoms with E-state index >= 15 is 0 Å². The van der Waals surface area contributed by atoms with Crippen LogP contribution in [0.3, 0.4) is 0 Å². The van der Waals surface area contributed by atoms with Crippen LogP contribution < -0.4 is 5.32 Å². The highest BCUT2D eigenvalue weighted by Gasteiger charge is 2.64. The Morgan fingerprint density at radius 1 is 1.23 bits per heavy atom. The Hall–Kier alpha value is -2.22. The van der Waals surface area contributed by atoms with Crippen LogP contribution in [0.4, 0.5) is 4.79 Å². The first-order chi connectivity index (χ1) is 12.3. The zero-order valence-electron chi connectivity index (χ0n) is 14.9. The average Bonchev–Trinajstić information content (AvgIpc) is 2.87. The maximum atomic E-state index is 12.7. The summed E-state index contributed by atoms with van der Waals surface area (Å²) in [6, 6.07) is 8.02. The maximum Gasteiger partial charge on any atom is 0.407 e. The van der Waals surface area contributed by atoms with Crippen LogP contribution in [0.2, 0.25) is 0 Å². The summed E-state index contributed by atoms with van der Waals surface area (Å²) < 4.78 is 9.77. The summed E-state index contributed by atoms with van der Waals surface area (Å²) in [6.07, 6.45) is -0.626. The molecule has 2 aliphatic rings. The smallest absolute Gasteiger partial charge is 0.407 e. The van der Waals surface area contributed by atoms with E-state index in [-0.39, 0.29) is 24.5 Å². The first-order valence-corrected chi connectivity index (χ1v) is 9.37. The van der Waals surface area contributed by atoms with Crippen molar-refractivity contribution in [3.63, 3.8) is 0 Å². The molecule has 3 atom stereocenters. The van der Waals surface area contributed by atoms with Crippen LogP contribution in [0.25, 0.3) is 0 Å². The van der Waals surface area contributed by atoms with Crippen LogP contribution >= 0.6 is 11.8 Å². The van der Waals surface area contributed by atoms with Gasteiger partial charge in [-0.2, -0.15) is 0 Å². The number of fused-ring (bicyclic) bond motifs is 1. The maximum absolute atomic E-state index is 12.7. The molecule has 2 heterocycles. The second kappa shape index (κ2) is 7.19. The third kappa shape index (κ3) is 3.38. The predicted octanol–water partition coefficient (Wildman–Crippen LogP) is 1.91. The minimum atomic E-state index is -0.686. The molecule has 2 saturated heterocycles. The lowest BCUT2D eigenvalue weighted by Gasteiger charge is -2.43. The Bertz CT molecular complexity index is 709. The van der Waals surface area contributed by atoms with Crippen molar-refractivity contribution >= 4 is 29.7 Å². The van der Waals surface area contributed by atoms with Crippen LogP contribution in [0, 0.1) is 0 Å². The van der Waals surface area contributed by atoms with Gasteiger partial charge in [-0.25, -0.2) is 9.59 Å². The van der Waals surface area contributed by atoms with E-state index in [4.69, 9.17) is 9.47 Å². The second-order valence-corrected chi connectivity index (χ2v) is 8.47. The minimum absolute atomic E-state index is 0.161. The summed E-state index contributed by atoms with van der Waals surface area (Å²) >= 11 is 1.48. The second-order valence-electron chi connectivity index (χ2n) is 6.70. The van der Waals surface area contributed by atoms with Gasteiger partial charge in [0.2, 0.25) is 5.91 Å². The van der Waals surface area contributed by atoms with Crippen molar-refractivity contribution in [1.29, 1.82) is 0 Å². The van der Waals surface area contributed by atoms with Crippen LogP contribution in [0.1, 0.15) is 26.3 Å². The van der Waals surface area contributed by atoms with E-state index in [0.29, 0.717) is 0 Å². The van der Waals surface area contributed by atoms with Gasteiger partial charge in [-0.15, -0.1) is 11.8 Å². The van der Waals surface area contributed by atoms with E-state index in [1.807, 2.05) is 44.2 Å². The lowest BCUT2D eigenvalue weighted by molar-refractivity contribution is -0.164. The lowest BCUT2D eigenvalue weighted by Crippen LogP contribution is -2.70. The van der Waals surface area contributed by atoms with Gasteiger partial charge in [0.1, 0.15) is 24.1 Å². The molecule has 1 aromatic carbocycles. The first-order valence-electron chi connectivity index (χ1n) is 8.49. The number of thioether (sulfide) groups is 1. The highest BCUT2D eigenvalue weighted by Crippen LogP contribution is 2.51. The molecule has 0 aliphatic carbocycles. The van der Waals surface area contributed by atoms with Gasteiger partial charge < -0.3 is 19.7 Å². The Morgan fingerprint density at radius 3 is 2.58 bits per heavy atom. The number of β-lactam (4-membered cyclic amide) rings is 1. The predicted molar refractivity (Wildman–Crippen MR) is 96.3 cm³/mol. The molecule has 1 unspecified atom stereocenters. The van der Waals surface area contributed by atoms with Crippen molar-refractivity contribution in [2.24, 2.45) is 0 Å². The molecule has 1 N–H and O–H groups in total. The number of esters is 1. The molecule has 8 heteroatoms. The number of amides is 2. The quantitative estimate of drug-likeness (QED) is 0.622. The normalized spacial score (nSPS) is 25.9. The molecule has 0 aromatic heterocycles. The number of nitrogens with zero attached hydrogens (tertiary/aromatic N) is 1. The molecule has 2 aliphatic heterocycles. The van der Waals surface area contributed by atoms with Crippen molar-refractivity contribution in [1.82, 2.24) is 10.2 Å². The molecule has 0 saturated carbocycles. The monoisotopic (exact) mass is 378 g/mol. The summed E-state index contributed by atoms with van der Waals surface area (Å²) in [5.41, 5.74) is 0.887. The van der Waals surface area contributed by atoms with Crippen LogP contribution in [0.15, 0.2) is 30.3 Å². The summed E-state index contributed by atoms with van der Waals surface area (Å²) in [7, 11) is 0. The summed E-state index contributed by atoms with van der Waals surface area (Å²) in [4.78, 5) is 38.3. The fourth-order valence-corrected chi connectivity index (χ4v) is 4.85. The summed E-state index contributed by atoms with van der Waals surface area (Å²) in [6.45, 7) is 5.89. The molecule has 2 fully saturated rings. The van der Waals surface area contributed by atoms with E-state index in [9.17, 15) is 14.4 Å². The van der Waals surface area contributed by atoms with Crippen molar-refractivity contribution in [3.05, 3.63) is 35.9 Å². The number of hydrogen-bond acceptors (Lipinski definition) is 6. The Morgan fingerprint density at radius 2 is 1.92 bits per heavy atom. The molecule has 0 radical (unpaired) electrons.